The van der Waals surface area contributed by atoms with Crippen LogP contribution in [-0.4, -0.2) is 50.4 Å². The van der Waals surface area contributed by atoms with Crippen molar-refractivity contribution in [2.75, 3.05) is 34.2 Å². The number of methoxy groups -OCH3 is 4. The van der Waals surface area contributed by atoms with Crippen LogP contribution in [0.1, 0.15) is 16.8 Å². The lowest BCUT2D eigenvalue weighted by Gasteiger charge is -2.14. The topological polar surface area (TPSA) is 185 Å². The highest BCUT2D eigenvalue weighted by Gasteiger charge is 2.15. The largest absolute Gasteiger partial charge is 0.495 e. The lowest BCUT2D eigenvalue weighted by Crippen LogP contribution is -2.38. The van der Waals surface area contributed by atoms with E-state index in [0.29, 0.717) is 46.2 Å². The quantitative estimate of drug-likeness (QED) is 0.196. The number of anilines is 1. The minimum absolute atomic E-state index is 0.412. The molecule has 2 aromatic carbocycles. The summed E-state index contributed by atoms with van der Waals surface area (Å²) in [4.78, 5) is 17.1. The molecule has 0 aliphatic heterocycles. The Morgan fingerprint density at radius 1 is 1.08 bits per heavy atom. The minimum Gasteiger partial charge on any atom is -0.495 e. The summed E-state index contributed by atoms with van der Waals surface area (Å²) in [5.74, 6) is 1.52. The highest BCUT2D eigenvalue weighted by atomic mass is 16.5. The van der Waals surface area contributed by atoms with Crippen molar-refractivity contribution in [2.24, 2.45) is 11.5 Å². The molecule has 0 spiro atoms. The summed E-state index contributed by atoms with van der Waals surface area (Å²) in [6.07, 6.45) is 5.29. The molecule has 0 aliphatic carbocycles. The number of aromatic nitrogens is 2. The fourth-order valence-electron chi connectivity index (χ4n) is 3.16. The number of nitrogens with two attached hydrogens (primary N) is 3. The zero-order valence-electron chi connectivity index (χ0n) is 20.6. The molecule has 3 rings (SSSR count). The van der Waals surface area contributed by atoms with Crippen LogP contribution < -0.4 is 36.1 Å². The molecule has 11 heteroatoms. The molecule has 1 atom stereocenters. The number of benzene rings is 2. The summed E-state index contributed by atoms with van der Waals surface area (Å²) in [5, 5.41) is 9.58. The fourth-order valence-corrected chi connectivity index (χ4v) is 3.16. The first-order valence-corrected chi connectivity index (χ1v) is 10.7. The van der Waals surface area contributed by atoms with E-state index in [-0.39, 0.29) is 0 Å². The molecule has 0 fully saturated rings. The van der Waals surface area contributed by atoms with Crippen molar-refractivity contribution in [2.45, 2.75) is 12.5 Å². The third kappa shape index (κ3) is 7.15. The van der Waals surface area contributed by atoms with E-state index in [0.717, 1.165) is 11.3 Å². The number of allylic oxidation sites excluding steroid dienone is 1. The number of rotatable bonds is 9. The van der Waals surface area contributed by atoms with Crippen LogP contribution in [0.2, 0.25) is 0 Å². The molecule has 0 radical (unpaired) electrons. The van der Waals surface area contributed by atoms with E-state index in [1.54, 1.807) is 43.6 Å². The first-order chi connectivity index (χ1) is 17.3. The third-order valence-electron chi connectivity index (χ3n) is 5.02. The number of ether oxygens (including phenoxy) is 4. The predicted molar refractivity (Wildman–Crippen MR) is 136 cm³/mol. The Kier molecular flexibility index (Phi) is 10.2. The number of carbonyl (C=O) groups excluding carboxylic acids is 1. The molecule has 190 valence electrons. The van der Waals surface area contributed by atoms with Crippen LogP contribution in [-0.2, 0) is 11.2 Å². The maximum Gasteiger partial charge on any atom is 0.234 e. The van der Waals surface area contributed by atoms with Gasteiger partial charge in [0.05, 0.1) is 58.1 Å². The van der Waals surface area contributed by atoms with E-state index in [1.165, 1.54) is 27.7 Å². The van der Waals surface area contributed by atoms with E-state index in [4.69, 9.17) is 36.1 Å². The number of nitrogens with zero attached hydrogens (tertiary/aromatic N) is 2. The highest BCUT2D eigenvalue weighted by Crippen LogP contribution is 2.40. The van der Waals surface area contributed by atoms with Crippen molar-refractivity contribution in [1.82, 2.24) is 9.97 Å². The molecule has 7 N–H and O–H groups in total. The number of carbonyl (C=O) groups is 1. The average molecular weight is 495 g/mol. The molecule has 1 aromatic heterocycles. The summed E-state index contributed by atoms with van der Waals surface area (Å²) in [6.45, 7) is 0. The van der Waals surface area contributed by atoms with Crippen LogP contribution in [0.15, 0.2) is 42.9 Å². The van der Waals surface area contributed by atoms with Gasteiger partial charge >= 0.3 is 0 Å². The molecular formula is C25H30N6O5. The molecule has 36 heavy (non-hydrogen) atoms. The second-order valence-electron chi connectivity index (χ2n) is 7.38. The number of primary amides is 1. The first-order valence-electron chi connectivity index (χ1n) is 10.7. The van der Waals surface area contributed by atoms with Gasteiger partial charge in [0.15, 0.2) is 11.5 Å². The summed E-state index contributed by atoms with van der Waals surface area (Å²) >= 11 is 0. The van der Waals surface area contributed by atoms with Gasteiger partial charge in [-0.15, -0.1) is 0 Å². The van der Waals surface area contributed by atoms with E-state index in [9.17, 15) is 10.1 Å². The van der Waals surface area contributed by atoms with Gasteiger partial charge in [0, 0.05) is 18.3 Å². The Morgan fingerprint density at radius 3 is 2.17 bits per heavy atom. The van der Waals surface area contributed by atoms with Gasteiger partial charge < -0.3 is 41.1 Å². The van der Waals surface area contributed by atoms with Crippen molar-refractivity contribution in [1.29, 1.82) is 5.26 Å². The van der Waals surface area contributed by atoms with E-state index in [2.05, 4.69) is 16.0 Å². The summed E-state index contributed by atoms with van der Waals surface area (Å²) in [7, 11) is 6.14. The molecule has 3 aromatic rings. The van der Waals surface area contributed by atoms with Crippen molar-refractivity contribution in [3.05, 3.63) is 59.7 Å². The number of hydrogen-bond donors (Lipinski definition) is 4. The summed E-state index contributed by atoms with van der Waals surface area (Å²) in [5.41, 5.74) is 19.4. The van der Waals surface area contributed by atoms with Gasteiger partial charge in [-0.05, 0) is 41.5 Å². The van der Waals surface area contributed by atoms with Gasteiger partial charge in [-0.2, -0.15) is 5.26 Å². The second-order valence-corrected chi connectivity index (χ2v) is 7.38. The summed E-state index contributed by atoms with van der Waals surface area (Å²) < 4.78 is 21.1. The zero-order chi connectivity index (χ0) is 26.7. The van der Waals surface area contributed by atoms with Crippen LogP contribution in [0.4, 0.5) is 5.69 Å². The molecule has 0 bridgehead atoms. The molecule has 11 nitrogen and oxygen atoms in total. The standard InChI is InChI=1S/C19H20N2O4.C6H10N4O/c1-22-16-6-5-12(8-15(16)21)7-14(11-20)13-9-17(23-2)19(25-4)18(10-13)24-3;7-5(6(8)11)1-4-2-9-3-10-4/h5-10H,21H2,1-4H3;2-3,5H,1,7H2,(H2,8,11)(H,9,10)/t;5-/m.1/s1. The van der Waals surface area contributed by atoms with Gasteiger partial charge in [-0.1, -0.05) is 6.07 Å². The van der Waals surface area contributed by atoms with Gasteiger partial charge in [-0.25, -0.2) is 4.98 Å². The van der Waals surface area contributed by atoms with E-state index in [1.807, 2.05) is 6.07 Å². The number of hydrogen-bond acceptors (Lipinski definition) is 9. The second kappa shape index (κ2) is 13.3. The van der Waals surface area contributed by atoms with Crippen LogP contribution in [0.5, 0.6) is 23.0 Å². The van der Waals surface area contributed by atoms with Crippen LogP contribution in [0.3, 0.4) is 0 Å². The number of nitrogens with one attached hydrogen (secondary N) is 1. The van der Waals surface area contributed by atoms with E-state index >= 15 is 0 Å². The van der Waals surface area contributed by atoms with E-state index < -0.39 is 11.9 Å². The van der Waals surface area contributed by atoms with Crippen molar-refractivity contribution >= 4 is 23.2 Å². The Hall–Kier alpha value is -4.69. The van der Waals surface area contributed by atoms with Crippen LogP contribution >= 0.6 is 0 Å². The Morgan fingerprint density at radius 2 is 1.72 bits per heavy atom. The maximum atomic E-state index is 10.5. The molecule has 1 amide bonds. The molecule has 0 unspecified atom stereocenters. The van der Waals surface area contributed by atoms with Crippen molar-refractivity contribution in [3.63, 3.8) is 0 Å². The molecule has 1 heterocycles. The minimum atomic E-state index is -0.629. The molecular weight excluding hydrogens is 464 g/mol. The number of nitrogen functional groups attached to an aromatic ring is 1. The predicted octanol–water partition coefficient (Wildman–Crippen LogP) is 2.13. The maximum absolute atomic E-state index is 10.5. The summed E-state index contributed by atoms with van der Waals surface area (Å²) in [6, 6.07) is 10.3. The molecule has 0 saturated carbocycles. The molecule has 0 aliphatic rings. The van der Waals surface area contributed by atoms with Crippen LogP contribution in [0, 0.1) is 11.3 Å². The SMILES string of the molecule is COc1ccc(C=C(C#N)c2cc(OC)c(OC)c(OC)c2)cc1N.NC(=O)[C@H](N)Cc1cnc[nH]1. The van der Waals surface area contributed by atoms with Crippen molar-refractivity contribution in [3.8, 4) is 29.1 Å². The Labute approximate surface area is 209 Å². The third-order valence-corrected chi connectivity index (χ3v) is 5.02. The van der Waals surface area contributed by atoms with Gasteiger partial charge in [-0.3, -0.25) is 4.79 Å². The van der Waals surface area contributed by atoms with Crippen molar-refractivity contribution < 1.29 is 23.7 Å². The average Bonchev–Trinajstić information content (AvgIpc) is 3.39. The zero-order valence-corrected chi connectivity index (χ0v) is 20.6. The number of nitriles is 1. The van der Waals surface area contributed by atoms with Gasteiger partial charge in [0.25, 0.3) is 0 Å². The number of imidazole rings is 1. The number of amides is 1. The lowest BCUT2D eigenvalue weighted by molar-refractivity contribution is -0.119. The molecule has 0 saturated heterocycles. The highest BCUT2D eigenvalue weighted by molar-refractivity contribution is 5.91. The first kappa shape index (κ1) is 27.6. The van der Waals surface area contributed by atoms with Gasteiger partial charge in [0.2, 0.25) is 11.7 Å². The smallest absolute Gasteiger partial charge is 0.234 e. The number of aromatic amines is 1. The monoisotopic (exact) mass is 494 g/mol. The van der Waals surface area contributed by atoms with Gasteiger partial charge in [0.1, 0.15) is 5.75 Å². The lowest BCUT2D eigenvalue weighted by atomic mass is 10.0. The fraction of sp³-hybridized carbons (Fsp3) is 0.240. The Balaban J connectivity index is 0.000000346. The normalized spacial score (nSPS) is 11.4. The van der Waals surface area contributed by atoms with Crippen LogP contribution in [0.25, 0.3) is 11.6 Å². The Bertz CT molecular complexity index is 1210. The number of H-pyrrole nitrogens is 1.